The Labute approximate surface area is 127 Å². The third-order valence-electron chi connectivity index (χ3n) is 4.74. The van der Waals surface area contributed by atoms with Gasteiger partial charge in [-0.05, 0) is 49.5 Å². The number of likely N-dealkylation sites (N-methyl/N-ethyl adjacent to an activating group) is 1. The van der Waals surface area contributed by atoms with Crippen LogP contribution in [-0.2, 0) is 11.2 Å². The van der Waals surface area contributed by atoms with E-state index in [1.165, 1.54) is 29.7 Å². The molecule has 3 rings (SSSR count). The third kappa shape index (κ3) is 3.05. The maximum absolute atomic E-state index is 11.3. The summed E-state index contributed by atoms with van der Waals surface area (Å²) >= 11 is 0. The van der Waals surface area contributed by atoms with Crippen LogP contribution >= 0.6 is 0 Å². The van der Waals surface area contributed by atoms with Crippen LogP contribution in [0.1, 0.15) is 36.9 Å². The van der Waals surface area contributed by atoms with Crippen molar-refractivity contribution < 1.29 is 4.79 Å². The molecule has 0 radical (unpaired) electrons. The maximum Gasteiger partial charge on any atom is 0.216 e. The van der Waals surface area contributed by atoms with Crippen LogP contribution in [0.15, 0.2) is 18.2 Å². The number of likely N-dealkylation sites (tertiary alicyclic amines) is 1. The fourth-order valence-corrected chi connectivity index (χ4v) is 3.55. The van der Waals surface area contributed by atoms with Gasteiger partial charge in [0, 0.05) is 32.7 Å². The van der Waals surface area contributed by atoms with E-state index in [9.17, 15) is 4.79 Å². The van der Waals surface area contributed by atoms with Gasteiger partial charge < -0.3 is 10.2 Å². The quantitative estimate of drug-likeness (QED) is 0.919. The van der Waals surface area contributed by atoms with Crippen LogP contribution in [-0.4, -0.2) is 44.0 Å². The number of nitrogens with zero attached hydrogens (tertiary/aromatic N) is 2. The van der Waals surface area contributed by atoms with Crippen LogP contribution in [0.5, 0.6) is 0 Å². The molecule has 1 aromatic rings. The van der Waals surface area contributed by atoms with Crippen LogP contribution in [0.25, 0.3) is 0 Å². The van der Waals surface area contributed by atoms with Crippen molar-refractivity contribution in [1.29, 1.82) is 0 Å². The van der Waals surface area contributed by atoms with Gasteiger partial charge in [-0.3, -0.25) is 9.69 Å². The number of anilines is 1. The second-order valence-corrected chi connectivity index (χ2v) is 6.26. The van der Waals surface area contributed by atoms with Crippen LogP contribution in [0.2, 0.25) is 0 Å². The van der Waals surface area contributed by atoms with E-state index >= 15 is 0 Å². The predicted molar refractivity (Wildman–Crippen MR) is 85.6 cm³/mol. The van der Waals surface area contributed by atoms with Crippen LogP contribution in [0.4, 0.5) is 5.69 Å². The first-order valence-corrected chi connectivity index (χ1v) is 7.97. The zero-order valence-electron chi connectivity index (χ0n) is 13.1. The summed E-state index contributed by atoms with van der Waals surface area (Å²) in [6, 6.07) is 7.15. The Bertz CT molecular complexity index is 523. The Balaban J connectivity index is 1.83. The lowest BCUT2D eigenvalue weighted by molar-refractivity contribution is -0.119. The van der Waals surface area contributed by atoms with E-state index in [0.717, 1.165) is 26.1 Å². The molecule has 1 unspecified atom stereocenters. The normalized spacial score (nSPS) is 19.6. The molecule has 1 amide bonds. The lowest BCUT2D eigenvalue weighted by Gasteiger charge is -2.28. The number of carbonyl (C=O) groups excluding carboxylic acids is 1. The van der Waals surface area contributed by atoms with E-state index in [1.54, 1.807) is 6.92 Å². The molecule has 0 aromatic heterocycles. The van der Waals surface area contributed by atoms with E-state index in [2.05, 4.69) is 40.4 Å². The minimum absolute atomic E-state index is 0.0556. The summed E-state index contributed by atoms with van der Waals surface area (Å²) < 4.78 is 0. The number of fused-ring (bicyclic) bond motifs is 1. The van der Waals surface area contributed by atoms with Crippen molar-refractivity contribution >= 4 is 11.6 Å². The highest BCUT2D eigenvalue weighted by molar-refractivity contribution is 5.72. The van der Waals surface area contributed by atoms with Gasteiger partial charge in [-0.1, -0.05) is 12.1 Å². The van der Waals surface area contributed by atoms with Gasteiger partial charge in [0.25, 0.3) is 0 Å². The first-order valence-electron chi connectivity index (χ1n) is 7.97. The van der Waals surface area contributed by atoms with E-state index in [1.807, 2.05) is 0 Å². The molecule has 114 valence electrons. The highest BCUT2D eigenvalue weighted by Gasteiger charge is 2.25. The molecule has 1 N–H and O–H groups in total. The summed E-state index contributed by atoms with van der Waals surface area (Å²) in [4.78, 5) is 16.1. The molecular weight excluding hydrogens is 262 g/mol. The summed E-state index contributed by atoms with van der Waals surface area (Å²) in [5.74, 6) is 0.0556. The van der Waals surface area contributed by atoms with Gasteiger partial charge in [-0.2, -0.15) is 0 Å². The van der Waals surface area contributed by atoms with Gasteiger partial charge in [0.15, 0.2) is 0 Å². The van der Waals surface area contributed by atoms with Gasteiger partial charge in [0.05, 0.1) is 6.04 Å². The first kappa shape index (κ1) is 14.4. The summed E-state index contributed by atoms with van der Waals surface area (Å²) in [5, 5.41) is 3.01. The van der Waals surface area contributed by atoms with Gasteiger partial charge in [0.1, 0.15) is 0 Å². The monoisotopic (exact) mass is 287 g/mol. The Morgan fingerprint density at radius 2 is 2.05 bits per heavy atom. The molecule has 2 aliphatic rings. The number of hydrogen-bond donors (Lipinski definition) is 1. The van der Waals surface area contributed by atoms with E-state index in [4.69, 9.17) is 0 Å². The smallest absolute Gasteiger partial charge is 0.216 e. The number of rotatable bonds is 4. The zero-order valence-corrected chi connectivity index (χ0v) is 13.1. The van der Waals surface area contributed by atoms with Crippen LogP contribution in [0.3, 0.4) is 0 Å². The number of hydrogen-bond acceptors (Lipinski definition) is 3. The Hall–Kier alpha value is -1.55. The predicted octanol–water partition coefficient (Wildman–Crippen LogP) is 1.95. The number of amides is 1. The summed E-state index contributed by atoms with van der Waals surface area (Å²) in [5.41, 5.74) is 4.15. The minimum Gasteiger partial charge on any atom is -0.374 e. The lowest BCUT2D eigenvalue weighted by Crippen LogP contribution is -2.35. The van der Waals surface area contributed by atoms with Crippen molar-refractivity contribution in [2.75, 3.05) is 38.1 Å². The van der Waals surface area contributed by atoms with Gasteiger partial charge >= 0.3 is 0 Å². The lowest BCUT2D eigenvalue weighted by atomic mass is 10.0. The second-order valence-electron chi connectivity index (χ2n) is 6.26. The van der Waals surface area contributed by atoms with Crippen LogP contribution < -0.4 is 10.2 Å². The fourth-order valence-electron chi connectivity index (χ4n) is 3.55. The summed E-state index contributed by atoms with van der Waals surface area (Å²) in [6.07, 6.45) is 3.67. The van der Waals surface area contributed by atoms with Crippen molar-refractivity contribution in [3.63, 3.8) is 0 Å². The molecule has 1 fully saturated rings. The largest absolute Gasteiger partial charge is 0.374 e. The van der Waals surface area contributed by atoms with Crippen molar-refractivity contribution in [2.24, 2.45) is 0 Å². The molecule has 4 heteroatoms. The molecular formula is C17H25N3O. The minimum atomic E-state index is 0.0556. The number of benzene rings is 1. The van der Waals surface area contributed by atoms with Crippen molar-refractivity contribution in [2.45, 2.75) is 32.2 Å². The molecule has 2 heterocycles. The molecule has 21 heavy (non-hydrogen) atoms. The molecule has 1 atom stereocenters. The van der Waals surface area contributed by atoms with Crippen LogP contribution in [0, 0.1) is 0 Å². The highest BCUT2D eigenvalue weighted by Crippen LogP contribution is 2.32. The first-order chi connectivity index (χ1) is 10.1. The van der Waals surface area contributed by atoms with Gasteiger partial charge in [0.2, 0.25) is 5.91 Å². The molecule has 0 bridgehead atoms. The molecule has 0 saturated carbocycles. The average molecular weight is 287 g/mol. The standard InChI is InChI=1S/C17H25N3O/c1-13(21)18-12-17(20-8-3-4-9-20)14-5-6-16-15(11-14)7-10-19(16)2/h5-6,11,17H,3-4,7-10,12H2,1-2H3,(H,18,21). The van der Waals surface area contributed by atoms with Crippen molar-refractivity contribution in [1.82, 2.24) is 10.2 Å². The van der Waals surface area contributed by atoms with Crippen molar-refractivity contribution in [3.8, 4) is 0 Å². The molecule has 1 saturated heterocycles. The topological polar surface area (TPSA) is 35.6 Å². The third-order valence-corrected chi connectivity index (χ3v) is 4.74. The SMILES string of the molecule is CC(=O)NCC(c1ccc2c(c1)CCN2C)N1CCCC1. The van der Waals surface area contributed by atoms with Gasteiger partial charge in [-0.25, -0.2) is 0 Å². The zero-order chi connectivity index (χ0) is 14.8. The van der Waals surface area contributed by atoms with Crippen molar-refractivity contribution in [3.05, 3.63) is 29.3 Å². The Morgan fingerprint density at radius 3 is 2.76 bits per heavy atom. The summed E-state index contributed by atoms with van der Waals surface area (Å²) in [7, 11) is 2.15. The van der Waals surface area contributed by atoms with E-state index < -0.39 is 0 Å². The Kier molecular flexibility index (Phi) is 4.15. The summed E-state index contributed by atoms with van der Waals surface area (Å²) in [6.45, 7) is 5.70. The highest BCUT2D eigenvalue weighted by atomic mass is 16.1. The van der Waals surface area contributed by atoms with E-state index in [-0.39, 0.29) is 5.91 Å². The maximum atomic E-state index is 11.3. The number of nitrogens with one attached hydrogen (secondary N) is 1. The molecule has 2 aliphatic heterocycles. The molecule has 0 spiro atoms. The molecule has 4 nitrogen and oxygen atoms in total. The number of carbonyl (C=O) groups is 1. The fraction of sp³-hybridized carbons (Fsp3) is 0.588. The second kappa shape index (κ2) is 6.06. The van der Waals surface area contributed by atoms with Gasteiger partial charge in [-0.15, -0.1) is 0 Å². The Morgan fingerprint density at radius 1 is 1.29 bits per heavy atom. The molecule has 0 aliphatic carbocycles. The van der Waals surface area contributed by atoms with E-state index in [0.29, 0.717) is 12.6 Å². The average Bonchev–Trinajstić information content (AvgIpc) is 3.10. The molecule has 1 aromatic carbocycles.